The van der Waals surface area contributed by atoms with E-state index in [4.69, 9.17) is 16.1 Å². The van der Waals surface area contributed by atoms with Gasteiger partial charge in [-0.3, -0.25) is 4.79 Å². The van der Waals surface area contributed by atoms with Crippen LogP contribution in [0.25, 0.3) is 10.6 Å². The fraction of sp³-hybridized carbons (Fsp3) is 0.385. The van der Waals surface area contributed by atoms with Gasteiger partial charge in [0, 0.05) is 31.7 Å². The first kappa shape index (κ1) is 16.3. The fourth-order valence-electron chi connectivity index (χ4n) is 2.22. The second-order valence-electron chi connectivity index (χ2n) is 4.79. The van der Waals surface area contributed by atoms with E-state index in [1.807, 2.05) is 6.07 Å². The molecule has 8 heteroatoms. The number of carbonyl (C=O) groups excluding carboxylic acids is 1. The van der Waals surface area contributed by atoms with E-state index < -0.39 is 0 Å². The Hall–Kier alpha value is -1.08. The first-order chi connectivity index (χ1) is 9.63. The lowest BCUT2D eigenvalue weighted by atomic mass is 10.2. The highest BCUT2D eigenvalue weighted by Crippen LogP contribution is 2.31. The van der Waals surface area contributed by atoms with Crippen molar-refractivity contribution in [2.75, 3.05) is 19.6 Å². The SMILES string of the molecule is CC1CN(C(=O)c2cc(-c3ccc(Cl)s3)on2)CCN1.Cl. The Bertz CT molecular complexity index is 628. The Morgan fingerprint density at radius 2 is 2.38 bits per heavy atom. The summed E-state index contributed by atoms with van der Waals surface area (Å²) in [5.41, 5.74) is 0.346. The maximum Gasteiger partial charge on any atom is 0.276 e. The summed E-state index contributed by atoms with van der Waals surface area (Å²) in [7, 11) is 0. The van der Waals surface area contributed by atoms with E-state index in [9.17, 15) is 4.79 Å². The maximum absolute atomic E-state index is 12.3. The number of thiophene rings is 1. The van der Waals surface area contributed by atoms with Gasteiger partial charge < -0.3 is 14.7 Å². The van der Waals surface area contributed by atoms with E-state index in [1.54, 1.807) is 17.0 Å². The molecule has 5 nitrogen and oxygen atoms in total. The van der Waals surface area contributed by atoms with E-state index in [2.05, 4.69) is 17.4 Å². The van der Waals surface area contributed by atoms with Crippen LogP contribution < -0.4 is 5.32 Å². The van der Waals surface area contributed by atoms with E-state index in [-0.39, 0.29) is 18.3 Å². The van der Waals surface area contributed by atoms with Crippen molar-refractivity contribution in [2.24, 2.45) is 0 Å². The quantitative estimate of drug-likeness (QED) is 0.907. The standard InChI is InChI=1S/C13H14ClN3O2S.ClH/c1-8-7-17(5-4-15-8)13(18)9-6-10(19-16-9)11-2-3-12(14)20-11;/h2-3,6,8,15H,4-5,7H2,1H3;1H. The molecule has 2 aromatic rings. The third-order valence-corrected chi connectivity index (χ3v) is 4.45. The summed E-state index contributed by atoms with van der Waals surface area (Å²) in [4.78, 5) is 15.0. The third kappa shape index (κ3) is 3.58. The molecule has 114 valence electrons. The molecule has 1 saturated heterocycles. The second kappa shape index (κ2) is 6.79. The van der Waals surface area contributed by atoms with Crippen LogP contribution in [0.5, 0.6) is 0 Å². The monoisotopic (exact) mass is 347 g/mol. The average Bonchev–Trinajstić information content (AvgIpc) is 3.06. The summed E-state index contributed by atoms with van der Waals surface area (Å²) in [6, 6.07) is 5.63. The van der Waals surface area contributed by atoms with Crippen LogP contribution in [0.2, 0.25) is 4.34 Å². The van der Waals surface area contributed by atoms with Crippen molar-refractivity contribution in [3.8, 4) is 10.6 Å². The molecule has 1 aliphatic rings. The molecule has 0 saturated carbocycles. The molecule has 1 aliphatic heterocycles. The van der Waals surface area contributed by atoms with Crippen LogP contribution in [-0.2, 0) is 0 Å². The van der Waals surface area contributed by atoms with Gasteiger partial charge in [-0.05, 0) is 19.1 Å². The molecule has 1 unspecified atom stereocenters. The van der Waals surface area contributed by atoms with Crippen molar-refractivity contribution in [1.29, 1.82) is 0 Å². The van der Waals surface area contributed by atoms with Crippen LogP contribution in [0.4, 0.5) is 0 Å². The molecular formula is C13H15Cl2N3O2S. The van der Waals surface area contributed by atoms with Gasteiger partial charge in [0.1, 0.15) is 0 Å². The third-order valence-electron chi connectivity index (χ3n) is 3.20. The van der Waals surface area contributed by atoms with Gasteiger partial charge in [-0.2, -0.15) is 0 Å². The predicted octanol–water partition coefficient (Wildman–Crippen LogP) is 2.91. The summed E-state index contributed by atoms with van der Waals surface area (Å²) >= 11 is 7.29. The zero-order valence-electron chi connectivity index (χ0n) is 11.3. The van der Waals surface area contributed by atoms with E-state index in [0.717, 1.165) is 11.4 Å². The van der Waals surface area contributed by atoms with Gasteiger partial charge in [0.05, 0.1) is 9.21 Å². The minimum absolute atomic E-state index is 0. The minimum atomic E-state index is -0.0870. The van der Waals surface area contributed by atoms with Crippen molar-refractivity contribution in [1.82, 2.24) is 15.4 Å². The number of rotatable bonds is 2. The van der Waals surface area contributed by atoms with Gasteiger partial charge in [-0.1, -0.05) is 16.8 Å². The number of hydrogen-bond acceptors (Lipinski definition) is 5. The number of piperazine rings is 1. The number of nitrogens with zero attached hydrogens (tertiary/aromatic N) is 2. The largest absolute Gasteiger partial charge is 0.355 e. The highest BCUT2D eigenvalue weighted by atomic mass is 35.5. The molecule has 2 aromatic heterocycles. The molecule has 1 N–H and O–H groups in total. The number of carbonyl (C=O) groups is 1. The lowest BCUT2D eigenvalue weighted by Crippen LogP contribution is -2.51. The number of hydrogen-bond donors (Lipinski definition) is 1. The fourth-order valence-corrected chi connectivity index (χ4v) is 3.21. The molecule has 1 amide bonds. The van der Waals surface area contributed by atoms with Crippen molar-refractivity contribution in [2.45, 2.75) is 13.0 Å². The molecule has 0 aromatic carbocycles. The van der Waals surface area contributed by atoms with Crippen molar-refractivity contribution in [3.63, 3.8) is 0 Å². The lowest BCUT2D eigenvalue weighted by molar-refractivity contribution is 0.0698. The minimum Gasteiger partial charge on any atom is -0.355 e. The zero-order chi connectivity index (χ0) is 14.1. The Balaban J connectivity index is 0.00000161. The number of amides is 1. The smallest absolute Gasteiger partial charge is 0.276 e. The Labute approximate surface area is 137 Å². The van der Waals surface area contributed by atoms with Gasteiger partial charge in [0.15, 0.2) is 11.5 Å². The van der Waals surface area contributed by atoms with Crippen LogP contribution in [0.3, 0.4) is 0 Å². The number of nitrogens with one attached hydrogen (secondary N) is 1. The summed E-state index contributed by atoms with van der Waals surface area (Å²) in [6.45, 7) is 4.24. The molecule has 0 aliphatic carbocycles. The van der Waals surface area contributed by atoms with Crippen molar-refractivity contribution < 1.29 is 9.32 Å². The van der Waals surface area contributed by atoms with Gasteiger partial charge in [0.25, 0.3) is 5.91 Å². The van der Waals surface area contributed by atoms with Gasteiger partial charge in [0.2, 0.25) is 0 Å². The molecule has 0 radical (unpaired) electrons. The molecule has 21 heavy (non-hydrogen) atoms. The molecule has 0 bridgehead atoms. The molecule has 0 spiro atoms. The summed E-state index contributed by atoms with van der Waals surface area (Å²) in [6.07, 6.45) is 0. The van der Waals surface area contributed by atoms with Crippen molar-refractivity contribution >= 4 is 41.3 Å². The lowest BCUT2D eigenvalue weighted by Gasteiger charge is -2.31. The summed E-state index contributed by atoms with van der Waals surface area (Å²) in [5.74, 6) is 0.490. The normalized spacial score (nSPS) is 18.4. The van der Waals surface area contributed by atoms with Gasteiger partial charge in [-0.25, -0.2) is 0 Å². The number of aromatic nitrogens is 1. The average molecular weight is 348 g/mol. The van der Waals surface area contributed by atoms with Crippen LogP contribution in [-0.4, -0.2) is 41.6 Å². The molecular weight excluding hydrogens is 333 g/mol. The zero-order valence-corrected chi connectivity index (χ0v) is 13.7. The predicted molar refractivity (Wildman–Crippen MR) is 85.4 cm³/mol. The maximum atomic E-state index is 12.3. The van der Waals surface area contributed by atoms with Crippen LogP contribution in [0.15, 0.2) is 22.7 Å². The van der Waals surface area contributed by atoms with E-state index in [0.29, 0.717) is 34.9 Å². The van der Waals surface area contributed by atoms with Crippen LogP contribution >= 0.6 is 35.3 Å². The highest BCUT2D eigenvalue weighted by molar-refractivity contribution is 7.19. The Morgan fingerprint density at radius 1 is 1.57 bits per heavy atom. The summed E-state index contributed by atoms with van der Waals surface area (Å²) < 4.78 is 5.92. The summed E-state index contributed by atoms with van der Waals surface area (Å²) in [5, 5.41) is 7.18. The first-order valence-corrected chi connectivity index (χ1v) is 7.58. The second-order valence-corrected chi connectivity index (χ2v) is 6.50. The first-order valence-electron chi connectivity index (χ1n) is 6.38. The number of halogens is 2. The highest BCUT2D eigenvalue weighted by Gasteiger charge is 2.24. The van der Waals surface area contributed by atoms with Crippen LogP contribution in [0.1, 0.15) is 17.4 Å². The Morgan fingerprint density at radius 3 is 3.05 bits per heavy atom. The topological polar surface area (TPSA) is 58.4 Å². The van der Waals surface area contributed by atoms with Gasteiger partial charge >= 0.3 is 0 Å². The molecule has 3 heterocycles. The van der Waals surface area contributed by atoms with E-state index in [1.165, 1.54) is 11.3 Å². The molecule has 1 fully saturated rings. The van der Waals surface area contributed by atoms with Crippen molar-refractivity contribution in [3.05, 3.63) is 28.2 Å². The van der Waals surface area contributed by atoms with Crippen LogP contribution in [0, 0.1) is 0 Å². The molecule has 1 atom stereocenters. The Kier molecular flexibility index (Phi) is 5.27. The molecule has 3 rings (SSSR count). The van der Waals surface area contributed by atoms with Gasteiger partial charge in [-0.15, -0.1) is 23.7 Å². The van der Waals surface area contributed by atoms with E-state index >= 15 is 0 Å².